The van der Waals surface area contributed by atoms with Gasteiger partial charge in [0.2, 0.25) is 0 Å². The van der Waals surface area contributed by atoms with E-state index in [1.54, 1.807) is 0 Å². The van der Waals surface area contributed by atoms with E-state index in [0.717, 1.165) is 17.9 Å². The van der Waals surface area contributed by atoms with Crippen LogP contribution in [0.25, 0.3) is 0 Å². The minimum atomic E-state index is 0.825. The highest BCUT2D eigenvalue weighted by Gasteiger charge is 2.53. The summed E-state index contributed by atoms with van der Waals surface area (Å²) in [6.45, 7) is 2.46. The Bertz CT molecular complexity index is 243. The molecule has 0 aromatic carbocycles. The molecule has 2 aliphatic rings. The van der Waals surface area contributed by atoms with Crippen LogP contribution in [0.3, 0.4) is 0 Å². The van der Waals surface area contributed by atoms with Crippen LogP contribution in [0.2, 0.25) is 0 Å². The Morgan fingerprint density at radius 1 is 1.09 bits per heavy atom. The monoisotopic (exact) mass is 148 g/mol. The first-order chi connectivity index (χ1) is 5.47. The summed E-state index contributed by atoms with van der Waals surface area (Å²) in [4.78, 5) is 0. The topological polar surface area (TPSA) is 17.0 Å². The van der Waals surface area contributed by atoms with Gasteiger partial charge >= 0.3 is 0 Å². The van der Waals surface area contributed by atoms with E-state index in [4.69, 9.17) is 0 Å². The molecular formula is C9H12N2. The van der Waals surface area contributed by atoms with E-state index in [-0.39, 0.29) is 0 Å². The lowest BCUT2D eigenvalue weighted by Gasteiger charge is -2.04. The van der Waals surface area contributed by atoms with Gasteiger partial charge in [-0.15, -0.1) is 0 Å². The fraction of sp³-hybridized carbons (Fsp3) is 0.556. The van der Waals surface area contributed by atoms with Crippen molar-refractivity contribution in [3.05, 3.63) is 24.5 Å². The molecule has 1 saturated heterocycles. The first kappa shape index (κ1) is 5.84. The van der Waals surface area contributed by atoms with Crippen LogP contribution in [0.15, 0.2) is 24.5 Å². The highest BCUT2D eigenvalue weighted by atomic mass is 15.1. The van der Waals surface area contributed by atoms with Crippen molar-refractivity contribution in [2.45, 2.75) is 6.04 Å². The molecule has 0 bridgehead atoms. The summed E-state index contributed by atoms with van der Waals surface area (Å²) in [7, 11) is 0. The molecule has 2 unspecified atom stereocenters. The molecule has 2 heterocycles. The standard InChI is InChI=1S/C9H12N2/c1-2-4-11(3-1)9-7-5-10-6-8(7)9/h1-4,7-10H,5-6H2. The zero-order chi connectivity index (χ0) is 7.26. The number of rotatable bonds is 1. The van der Waals surface area contributed by atoms with Gasteiger partial charge in [-0.05, 0) is 24.0 Å². The summed E-state index contributed by atoms with van der Waals surface area (Å²) in [6, 6.07) is 5.05. The van der Waals surface area contributed by atoms with Crippen LogP contribution in [-0.4, -0.2) is 17.7 Å². The third-order valence-corrected chi connectivity index (χ3v) is 3.02. The second-order valence-electron chi connectivity index (χ2n) is 3.61. The van der Waals surface area contributed by atoms with Crippen molar-refractivity contribution in [3.8, 4) is 0 Å². The van der Waals surface area contributed by atoms with E-state index in [1.165, 1.54) is 13.1 Å². The number of hydrogen-bond acceptors (Lipinski definition) is 1. The van der Waals surface area contributed by atoms with Gasteiger partial charge < -0.3 is 9.88 Å². The maximum absolute atomic E-state index is 3.40. The SMILES string of the molecule is c1ccn(C2C3CNCC32)c1. The average Bonchev–Trinajstić information content (AvgIpc) is 2.57. The van der Waals surface area contributed by atoms with Gasteiger partial charge in [-0.1, -0.05) is 0 Å². The summed E-state index contributed by atoms with van der Waals surface area (Å²) < 4.78 is 2.36. The molecule has 0 spiro atoms. The molecule has 2 heteroatoms. The Morgan fingerprint density at radius 2 is 1.73 bits per heavy atom. The van der Waals surface area contributed by atoms with Crippen LogP contribution >= 0.6 is 0 Å². The molecule has 1 aliphatic carbocycles. The van der Waals surface area contributed by atoms with E-state index in [0.29, 0.717) is 0 Å². The number of nitrogens with zero attached hydrogens (tertiary/aromatic N) is 1. The lowest BCUT2D eigenvalue weighted by atomic mass is 10.4. The molecule has 0 amide bonds. The van der Waals surface area contributed by atoms with Crippen LogP contribution in [0, 0.1) is 11.8 Å². The van der Waals surface area contributed by atoms with Crippen LogP contribution in [-0.2, 0) is 0 Å². The van der Waals surface area contributed by atoms with Gasteiger partial charge in [0.15, 0.2) is 0 Å². The first-order valence-electron chi connectivity index (χ1n) is 4.30. The fourth-order valence-electron chi connectivity index (χ4n) is 2.37. The Morgan fingerprint density at radius 3 is 2.36 bits per heavy atom. The van der Waals surface area contributed by atoms with Crippen LogP contribution in [0.4, 0.5) is 0 Å². The predicted octanol–water partition coefficient (Wildman–Crippen LogP) is 0.878. The number of hydrogen-bond donors (Lipinski definition) is 1. The van der Waals surface area contributed by atoms with Gasteiger partial charge in [0.1, 0.15) is 0 Å². The Kier molecular flexibility index (Phi) is 1.00. The lowest BCUT2D eigenvalue weighted by molar-refractivity contribution is 0.572. The average molecular weight is 148 g/mol. The van der Waals surface area contributed by atoms with Crippen LogP contribution < -0.4 is 5.32 Å². The maximum atomic E-state index is 3.40. The number of piperidine rings is 1. The zero-order valence-corrected chi connectivity index (χ0v) is 6.40. The van der Waals surface area contributed by atoms with Gasteiger partial charge in [0.25, 0.3) is 0 Å². The van der Waals surface area contributed by atoms with Gasteiger partial charge in [-0.3, -0.25) is 0 Å². The smallest absolute Gasteiger partial charge is 0.0419 e. The van der Waals surface area contributed by atoms with Gasteiger partial charge in [0, 0.05) is 31.5 Å². The molecule has 1 aromatic rings. The molecule has 1 aliphatic heterocycles. The maximum Gasteiger partial charge on any atom is 0.0419 e. The second kappa shape index (κ2) is 1.89. The predicted molar refractivity (Wildman–Crippen MR) is 43.3 cm³/mol. The molecule has 1 aromatic heterocycles. The lowest BCUT2D eigenvalue weighted by Crippen LogP contribution is -2.15. The van der Waals surface area contributed by atoms with Crippen molar-refractivity contribution in [3.63, 3.8) is 0 Å². The van der Waals surface area contributed by atoms with Gasteiger partial charge in [-0.2, -0.15) is 0 Å². The summed E-state index contributed by atoms with van der Waals surface area (Å²) in [6.07, 6.45) is 4.37. The van der Waals surface area contributed by atoms with Gasteiger partial charge in [0.05, 0.1) is 0 Å². The van der Waals surface area contributed by atoms with Gasteiger partial charge in [-0.25, -0.2) is 0 Å². The second-order valence-corrected chi connectivity index (χ2v) is 3.61. The van der Waals surface area contributed by atoms with Crippen LogP contribution in [0.5, 0.6) is 0 Å². The highest BCUT2D eigenvalue weighted by molar-refractivity contribution is 5.10. The van der Waals surface area contributed by atoms with E-state index in [1.807, 2.05) is 0 Å². The molecule has 11 heavy (non-hydrogen) atoms. The molecule has 2 fully saturated rings. The van der Waals surface area contributed by atoms with E-state index in [9.17, 15) is 0 Å². The third-order valence-electron chi connectivity index (χ3n) is 3.02. The number of aromatic nitrogens is 1. The van der Waals surface area contributed by atoms with Crippen molar-refractivity contribution >= 4 is 0 Å². The first-order valence-corrected chi connectivity index (χ1v) is 4.30. The Labute approximate surface area is 66.2 Å². The Hall–Kier alpha value is -0.760. The largest absolute Gasteiger partial charge is 0.351 e. The minimum absolute atomic E-state index is 0.825. The van der Waals surface area contributed by atoms with Crippen molar-refractivity contribution in [1.29, 1.82) is 0 Å². The molecular weight excluding hydrogens is 136 g/mol. The van der Waals surface area contributed by atoms with E-state index >= 15 is 0 Å². The summed E-state index contributed by atoms with van der Waals surface area (Å²) >= 11 is 0. The Balaban J connectivity index is 1.85. The van der Waals surface area contributed by atoms with Crippen molar-refractivity contribution in [2.75, 3.05) is 13.1 Å². The summed E-state index contributed by atoms with van der Waals surface area (Å²) in [5.74, 6) is 1.87. The van der Waals surface area contributed by atoms with Crippen LogP contribution in [0.1, 0.15) is 6.04 Å². The van der Waals surface area contributed by atoms with E-state index in [2.05, 4.69) is 34.4 Å². The third kappa shape index (κ3) is 0.703. The molecule has 1 saturated carbocycles. The minimum Gasteiger partial charge on any atom is -0.351 e. The zero-order valence-electron chi connectivity index (χ0n) is 6.40. The highest BCUT2D eigenvalue weighted by Crippen LogP contribution is 2.52. The number of nitrogens with one attached hydrogen (secondary N) is 1. The van der Waals surface area contributed by atoms with Crippen molar-refractivity contribution in [1.82, 2.24) is 9.88 Å². The molecule has 1 N–H and O–H groups in total. The molecule has 58 valence electrons. The van der Waals surface area contributed by atoms with Crippen molar-refractivity contribution < 1.29 is 0 Å². The summed E-state index contributed by atoms with van der Waals surface area (Å²) in [5, 5.41) is 3.40. The molecule has 3 rings (SSSR count). The fourth-order valence-corrected chi connectivity index (χ4v) is 2.37. The molecule has 2 nitrogen and oxygen atoms in total. The van der Waals surface area contributed by atoms with Crippen molar-refractivity contribution in [2.24, 2.45) is 11.8 Å². The number of fused-ring (bicyclic) bond motifs is 1. The molecule has 2 atom stereocenters. The summed E-state index contributed by atoms with van der Waals surface area (Å²) in [5.41, 5.74) is 0. The quantitative estimate of drug-likeness (QED) is 0.625. The molecule has 0 radical (unpaired) electrons. The normalized spacial score (nSPS) is 40.5. The van der Waals surface area contributed by atoms with E-state index < -0.39 is 0 Å².